The Bertz CT molecular complexity index is 815. The van der Waals surface area contributed by atoms with Gasteiger partial charge in [0.25, 0.3) is 0 Å². The predicted octanol–water partition coefficient (Wildman–Crippen LogP) is 4.41. The predicted molar refractivity (Wildman–Crippen MR) is 94.0 cm³/mol. The summed E-state index contributed by atoms with van der Waals surface area (Å²) in [6.45, 7) is 6.30. The fourth-order valence-corrected chi connectivity index (χ4v) is 3.76. The molecule has 1 heterocycles. The third-order valence-corrected chi connectivity index (χ3v) is 5.31. The van der Waals surface area contributed by atoms with Gasteiger partial charge >= 0.3 is 145 Å². The van der Waals surface area contributed by atoms with Crippen LogP contribution in [0.3, 0.4) is 0 Å². The van der Waals surface area contributed by atoms with Gasteiger partial charge in [0.05, 0.1) is 0 Å². The molecule has 0 bridgehead atoms. The zero-order valence-corrected chi connectivity index (χ0v) is 16.1. The molecule has 1 aromatic heterocycles. The first-order chi connectivity index (χ1) is 11.2. The molecule has 0 N–H and O–H groups in total. The van der Waals surface area contributed by atoms with Crippen molar-refractivity contribution in [3.05, 3.63) is 65.4 Å². The summed E-state index contributed by atoms with van der Waals surface area (Å²) in [6, 6.07) is 16.3. The fourth-order valence-electron chi connectivity index (χ4n) is 2.48. The van der Waals surface area contributed by atoms with Crippen molar-refractivity contribution in [3.8, 4) is 11.5 Å². The van der Waals surface area contributed by atoms with Crippen LogP contribution in [0.2, 0.25) is 0 Å². The van der Waals surface area contributed by atoms with Gasteiger partial charge in [0.2, 0.25) is 0 Å². The number of pyridine rings is 1. The van der Waals surface area contributed by atoms with Crippen molar-refractivity contribution in [1.29, 1.82) is 0 Å². The maximum absolute atomic E-state index is 5.98. The molecule has 0 amide bonds. The Balaban J connectivity index is 1.79. The van der Waals surface area contributed by atoms with E-state index in [2.05, 4.69) is 32.9 Å². The second-order valence-corrected chi connectivity index (χ2v) is 6.97. The molecule has 0 aliphatic heterocycles. The van der Waals surface area contributed by atoms with Crippen LogP contribution in [0, 0.1) is 13.8 Å². The van der Waals surface area contributed by atoms with Gasteiger partial charge in [-0.25, -0.2) is 0 Å². The Morgan fingerprint density at radius 1 is 1.00 bits per heavy atom. The van der Waals surface area contributed by atoms with Crippen LogP contribution in [0.15, 0.2) is 48.5 Å². The molecule has 1 radical (unpaired) electrons. The quantitative estimate of drug-likeness (QED) is 0.630. The van der Waals surface area contributed by atoms with Crippen LogP contribution in [-0.2, 0) is 6.42 Å². The molecule has 0 saturated carbocycles. The standard InChI is InChI=1S/C12H13NO.C7H8O.Ga/c1-3-9-7-8(2)10-5-4-6-11(14)12(10)13-9;1-6-2-4-7(8)5-3-6;/h4-7,14H,3H2,1-2H3;2-5,8H,1H3;/q;;+2/p-2. The molecule has 2 aromatic carbocycles. The van der Waals surface area contributed by atoms with Crippen molar-refractivity contribution in [2.24, 2.45) is 0 Å². The van der Waals surface area contributed by atoms with Gasteiger partial charge in [0.15, 0.2) is 0 Å². The topological polar surface area (TPSA) is 31.4 Å². The minimum atomic E-state index is -1.32. The Morgan fingerprint density at radius 2 is 1.78 bits per heavy atom. The van der Waals surface area contributed by atoms with Crippen molar-refractivity contribution in [1.82, 2.24) is 4.98 Å². The van der Waals surface area contributed by atoms with E-state index in [0.29, 0.717) is 0 Å². The number of aryl methyl sites for hydroxylation is 3. The molecule has 0 spiro atoms. The Kier molecular flexibility index (Phi) is 4.93. The van der Waals surface area contributed by atoms with Gasteiger partial charge in [-0.15, -0.1) is 0 Å². The van der Waals surface area contributed by atoms with E-state index in [0.717, 1.165) is 34.5 Å². The first-order valence-corrected chi connectivity index (χ1v) is 9.76. The molecule has 0 atom stereocenters. The summed E-state index contributed by atoms with van der Waals surface area (Å²) in [6.07, 6.45) is 0.920. The van der Waals surface area contributed by atoms with E-state index >= 15 is 0 Å². The van der Waals surface area contributed by atoms with Crippen LogP contribution in [0.5, 0.6) is 11.5 Å². The summed E-state index contributed by atoms with van der Waals surface area (Å²) >= 11 is -1.32. The number of nitrogens with zero attached hydrogens (tertiary/aromatic N) is 1. The number of aromatic nitrogens is 1. The Hall–Kier alpha value is -1.91. The molecule has 3 nitrogen and oxygen atoms in total. The molecule has 115 valence electrons. The molecule has 0 aliphatic rings. The van der Waals surface area contributed by atoms with Crippen molar-refractivity contribution in [2.75, 3.05) is 0 Å². The second kappa shape index (κ2) is 7.11. The van der Waals surface area contributed by atoms with Gasteiger partial charge in [-0.05, 0) is 0 Å². The molecular weight excluding hydrogens is 344 g/mol. The number of hydrogen-bond acceptors (Lipinski definition) is 3. The zero-order valence-electron chi connectivity index (χ0n) is 13.7. The first kappa shape index (κ1) is 16.0. The number of hydrogen-bond donors (Lipinski definition) is 0. The van der Waals surface area contributed by atoms with E-state index in [-0.39, 0.29) is 0 Å². The summed E-state index contributed by atoms with van der Waals surface area (Å²) < 4.78 is 11.8. The van der Waals surface area contributed by atoms with Crippen LogP contribution < -0.4 is 7.06 Å². The van der Waals surface area contributed by atoms with E-state index in [1.165, 1.54) is 11.1 Å². The summed E-state index contributed by atoms with van der Waals surface area (Å²) in [5.74, 6) is 1.70. The van der Waals surface area contributed by atoms with Gasteiger partial charge in [0.1, 0.15) is 0 Å². The fraction of sp³-hybridized carbons (Fsp3) is 0.211. The van der Waals surface area contributed by atoms with Crippen LogP contribution >= 0.6 is 0 Å². The zero-order chi connectivity index (χ0) is 16.2. The van der Waals surface area contributed by atoms with E-state index in [1.54, 1.807) is 0 Å². The monoisotopic (exact) mass is 362 g/mol. The normalized spacial score (nSPS) is 10.6. The molecule has 23 heavy (non-hydrogen) atoms. The number of para-hydroxylation sites is 1. The van der Waals surface area contributed by atoms with E-state index < -0.39 is 18.1 Å². The Labute approximate surface area is 145 Å². The van der Waals surface area contributed by atoms with Gasteiger partial charge in [0, 0.05) is 0 Å². The maximum atomic E-state index is 5.98. The van der Waals surface area contributed by atoms with E-state index in [1.807, 2.05) is 36.4 Å². The van der Waals surface area contributed by atoms with Crippen LogP contribution in [-0.4, -0.2) is 23.1 Å². The summed E-state index contributed by atoms with van der Waals surface area (Å²) in [5, 5.41) is 1.15. The van der Waals surface area contributed by atoms with Crippen molar-refractivity contribution in [2.45, 2.75) is 27.2 Å². The number of benzene rings is 2. The average molecular weight is 363 g/mol. The second-order valence-electron chi connectivity index (χ2n) is 5.58. The summed E-state index contributed by atoms with van der Waals surface area (Å²) in [7, 11) is 0. The summed E-state index contributed by atoms with van der Waals surface area (Å²) in [4.78, 5) is 4.74. The molecule has 0 saturated heterocycles. The Morgan fingerprint density at radius 3 is 2.52 bits per heavy atom. The first-order valence-electron chi connectivity index (χ1n) is 7.78. The average Bonchev–Trinajstić information content (AvgIpc) is 2.57. The molecule has 0 fully saturated rings. The molecule has 0 unspecified atom stereocenters. The minimum absolute atomic E-state index is 0.827. The molecule has 3 rings (SSSR count). The molecule has 0 aliphatic carbocycles. The summed E-state index contributed by atoms with van der Waals surface area (Å²) in [5.41, 5.74) is 4.49. The van der Waals surface area contributed by atoms with Crippen LogP contribution in [0.1, 0.15) is 23.7 Å². The van der Waals surface area contributed by atoms with Gasteiger partial charge in [-0.1, -0.05) is 0 Å². The molecule has 3 aromatic rings. The number of fused-ring (bicyclic) bond motifs is 1. The van der Waals surface area contributed by atoms with Gasteiger partial charge in [-0.2, -0.15) is 0 Å². The van der Waals surface area contributed by atoms with Gasteiger partial charge in [-0.3, -0.25) is 0 Å². The van der Waals surface area contributed by atoms with Crippen LogP contribution in [0.25, 0.3) is 10.9 Å². The van der Waals surface area contributed by atoms with Crippen molar-refractivity contribution in [3.63, 3.8) is 0 Å². The van der Waals surface area contributed by atoms with E-state index in [4.69, 9.17) is 12.0 Å². The van der Waals surface area contributed by atoms with Crippen molar-refractivity contribution >= 4 is 29.0 Å². The third-order valence-electron chi connectivity index (χ3n) is 3.80. The third kappa shape index (κ3) is 3.71. The van der Waals surface area contributed by atoms with E-state index in [9.17, 15) is 0 Å². The number of rotatable bonds is 5. The van der Waals surface area contributed by atoms with Crippen molar-refractivity contribution < 1.29 is 7.06 Å². The molecule has 4 heteroatoms. The SMILES string of the molecule is CCc1cc(C)c2cccc([O][Ga][O]c3ccc(C)cc3)c2n1. The van der Waals surface area contributed by atoms with Gasteiger partial charge < -0.3 is 0 Å². The molecular formula is C19H19GaNO2. The van der Waals surface area contributed by atoms with Crippen LogP contribution in [0.4, 0.5) is 0 Å².